The SMILES string of the molecule is CC(=O)c1ccc(O)c(NCC(O)CCl)c1. The van der Waals surface area contributed by atoms with Gasteiger partial charge < -0.3 is 15.5 Å². The van der Waals surface area contributed by atoms with Crippen molar-refractivity contribution in [1.82, 2.24) is 0 Å². The average Bonchev–Trinajstić information content (AvgIpc) is 2.27. The van der Waals surface area contributed by atoms with Crippen molar-refractivity contribution in [2.45, 2.75) is 13.0 Å². The highest BCUT2D eigenvalue weighted by atomic mass is 35.5. The van der Waals surface area contributed by atoms with Crippen LogP contribution in [0.15, 0.2) is 18.2 Å². The third-order valence-corrected chi connectivity index (χ3v) is 2.47. The molecule has 0 aliphatic rings. The molecule has 0 saturated heterocycles. The number of aromatic hydroxyl groups is 1. The molecule has 1 unspecified atom stereocenters. The van der Waals surface area contributed by atoms with Crippen LogP contribution in [0, 0.1) is 0 Å². The number of nitrogens with one attached hydrogen (secondary N) is 1. The molecule has 5 heteroatoms. The van der Waals surface area contributed by atoms with Gasteiger partial charge in [0.15, 0.2) is 5.78 Å². The zero-order chi connectivity index (χ0) is 12.1. The van der Waals surface area contributed by atoms with Crippen LogP contribution in [0.25, 0.3) is 0 Å². The van der Waals surface area contributed by atoms with Crippen molar-refractivity contribution in [3.05, 3.63) is 23.8 Å². The van der Waals surface area contributed by atoms with Gasteiger partial charge in [-0.25, -0.2) is 0 Å². The Hall–Kier alpha value is -1.26. The van der Waals surface area contributed by atoms with Crippen LogP contribution in [0.1, 0.15) is 17.3 Å². The number of benzene rings is 1. The smallest absolute Gasteiger partial charge is 0.159 e. The minimum absolute atomic E-state index is 0.0340. The predicted octanol–water partition coefficient (Wildman–Crippen LogP) is 1.61. The summed E-state index contributed by atoms with van der Waals surface area (Å²) < 4.78 is 0. The molecule has 0 bridgehead atoms. The Morgan fingerprint density at radius 3 is 2.81 bits per heavy atom. The van der Waals surface area contributed by atoms with Gasteiger partial charge in [0.2, 0.25) is 0 Å². The normalized spacial score (nSPS) is 12.2. The van der Waals surface area contributed by atoms with Gasteiger partial charge in [-0.15, -0.1) is 11.6 Å². The maximum atomic E-state index is 11.1. The number of hydrogen-bond donors (Lipinski definition) is 3. The standard InChI is InChI=1S/C11H14ClNO3/c1-7(14)8-2-3-11(16)10(4-8)13-6-9(15)5-12/h2-4,9,13,15-16H,5-6H2,1H3. The molecule has 0 saturated carbocycles. The molecule has 1 aromatic carbocycles. The largest absolute Gasteiger partial charge is 0.506 e. The van der Waals surface area contributed by atoms with Gasteiger partial charge in [-0.2, -0.15) is 0 Å². The number of ketones is 1. The summed E-state index contributed by atoms with van der Waals surface area (Å²) in [6.45, 7) is 1.67. The maximum absolute atomic E-state index is 11.1. The Bertz CT molecular complexity index is 381. The number of rotatable bonds is 5. The lowest BCUT2D eigenvalue weighted by Crippen LogP contribution is -2.20. The predicted molar refractivity (Wildman–Crippen MR) is 63.3 cm³/mol. The van der Waals surface area contributed by atoms with Crippen molar-refractivity contribution in [1.29, 1.82) is 0 Å². The van der Waals surface area contributed by atoms with Crippen LogP contribution < -0.4 is 5.32 Å². The zero-order valence-corrected chi connectivity index (χ0v) is 9.66. The van der Waals surface area contributed by atoms with Crippen molar-refractivity contribution < 1.29 is 15.0 Å². The fraction of sp³-hybridized carbons (Fsp3) is 0.364. The molecule has 0 amide bonds. The number of phenols is 1. The summed E-state index contributed by atoms with van der Waals surface area (Å²) in [6, 6.07) is 4.52. The number of hydrogen-bond acceptors (Lipinski definition) is 4. The van der Waals surface area contributed by atoms with Crippen molar-refractivity contribution in [3.8, 4) is 5.75 Å². The highest BCUT2D eigenvalue weighted by Crippen LogP contribution is 2.24. The van der Waals surface area contributed by atoms with E-state index in [1.54, 1.807) is 12.1 Å². The second-order valence-corrected chi connectivity index (χ2v) is 3.79. The third-order valence-electron chi connectivity index (χ3n) is 2.11. The molecule has 0 fully saturated rings. The van der Waals surface area contributed by atoms with Crippen LogP contribution in [0.3, 0.4) is 0 Å². The van der Waals surface area contributed by atoms with Gasteiger partial charge in [-0.05, 0) is 25.1 Å². The minimum Gasteiger partial charge on any atom is -0.506 e. The Kier molecular flexibility index (Phi) is 4.58. The quantitative estimate of drug-likeness (QED) is 0.418. The highest BCUT2D eigenvalue weighted by Gasteiger charge is 2.07. The molecule has 0 heterocycles. The Labute approximate surface area is 98.9 Å². The maximum Gasteiger partial charge on any atom is 0.159 e. The molecule has 0 aliphatic heterocycles. The highest BCUT2D eigenvalue weighted by molar-refractivity contribution is 6.18. The van der Waals surface area contributed by atoms with E-state index in [4.69, 9.17) is 11.6 Å². The summed E-state index contributed by atoms with van der Waals surface area (Å²) in [6.07, 6.45) is -0.693. The molecule has 1 atom stereocenters. The Morgan fingerprint density at radius 1 is 1.56 bits per heavy atom. The Balaban J connectivity index is 2.78. The lowest BCUT2D eigenvalue weighted by molar-refractivity contribution is 0.101. The summed E-state index contributed by atoms with van der Waals surface area (Å²) in [5, 5.41) is 21.6. The summed E-state index contributed by atoms with van der Waals surface area (Å²) in [4.78, 5) is 11.1. The fourth-order valence-corrected chi connectivity index (χ4v) is 1.29. The number of halogens is 1. The van der Waals surface area contributed by atoms with Crippen molar-refractivity contribution >= 4 is 23.1 Å². The van der Waals surface area contributed by atoms with Crippen LogP contribution in [-0.2, 0) is 0 Å². The molecule has 0 spiro atoms. The second kappa shape index (κ2) is 5.72. The van der Waals surface area contributed by atoms with E-state index >= 15 is 0 Å². The van der Waals surface area contributed by atoms with Crippen LogP contribution in [-0.4, -0.2) is 34.5 Å². The van der Waals surface area contributed by atoms with E-state index in [0.29, 0.717) is 11.3 Å². The van der Waals surface area contributed by atoms with Gasteiger partial charge in [-0.3, -0.25) is 4.79 Å². The first kappa shape index (κ1) is 12.8. The van der Waals surface area contributed by atoms with Gasteiger partial charge in [0.1, 0.15) is 5.75 Å². The lowest BCUT2D eigenvalue weighted by Gasteiger charge is -2.12. The van der Waals surface area contributed by atoms with E-state index < -0.39 is 6.10 Å². The molecule has 4 nitrogen and oxygen atoms in total. The first-order valence-electron chi connectivity index (χ1n) is 4.86. The first-order chi connectivity index (χ1) is 7.54. The summed E-state index contributed by atoms with van der Waals surface area (Å²) in [5.41, 5.74) is 0.914. The molecule has 0 radical (unpaired) electrons. The van der Waals surface area contributed by atoms with E-state index in [9.17, 15) is 15.0 Å². The molecule has 0 aromatic heterocycles. The van der Waals surface area contributed by atoms with E-state index in [1.807, 2.05) is 0 Å². The number of alkyl halides is 1. The van der Waals surface area contributed by atoms with E-state index in [2.05, 4.69) is 5.32 Å². The van der Waals surface area contributed by atoms with Gasteiger partial charge in [0.25, 0.3) is 0 Å². The molecule has 1 rings (SSSR count). The van der Waals surface area contributed by atoms with E-state index in [-0.39, 0.29) is 24.0 Å². The average molecular weight is 244 g/mol. The monoisotopic (exact) mass is 243 g/mol. The zero-order valence-electron chi connectivity index (χ0n) is 8.90. The lowest BCUT2D eigenvalue weighted by atomic mass is 10.1. The fourth-order valence-electron chi connectivity index (χ4n) is 1.18. The number of Topliss-reactive ketones (excluding diaryl/α,β-unsaturated/α-hetero) is 1. The van der Waals surface area contributed by atoms with Crippen molar-refractivity contribution in [2.75, 3.05) is 17.7 Å². The third kappa shape index (κ3) is 3.40. The van der Waals surface area contributed by atoms with E-state index in [1.165, 1.54) is 13.0 Å². The van der Waals surface area contributed by atoms with Gasteiger partial charge >= 0.3 is 0 Å². The molecule has 16 heavy (non-hydrogen) atoms. The van der Waals surface area contributed by atoms with E-state index in [0.717, 1.165) is 0 Å². The first-order valence-corrected chi connectivity index (χ1v) is 5.40. The van der Waals surface area contributed by atoms with Crippen molar-refractivity contribution in [3.63, 3.8) is 0 Å². The number of aliphatic hydroxyl groups is 1. The number of phenolic OH excluding ortho intramolecular Hbond substituents is 1. The Morgan fingerprint density at radius 2 is 2.25 bits per heavy atom. The second-order valence-electron chi connectivity index (χ2n) is 3.48. The number of carbonyl (C=O) groups is 1. The molecule has 88 valence electrons. The molecule has 3 N–H and O–H groups in total. The van der Waals surface area contributed by atoms with Crippen molar-refractivity contribution in [2.24, 2.45) is 0 Å². The summed E-state index contributed by atoms with van der Waals surface area (Å²) >= 11 is 5.43. The van der Waals surface area contributed by atoms with Crippen LogP contribution in [0.2, 0.25) is 0 Å². The molecule has 0 aliphatic carbocycles. The van der Waals surface area contributed by atoms with Crippen LogP contribution in [0.4, 0.5) is 5.69 Å². The van der Waals surface area contributed by atoms with Crippen LogP contribution >= 0.6 is 11.6 Å². The molecular formula is C11H14ClNO3. The minimum atomic E-state index is -0.693. The van der Waals surface area contributed by atoms with Crippen LogP contribution in [0.5, 0.6) is 5.75 Å². The molecule has 1 aromatic rings. The van der Waals surface area contributed by atoms with Gasteiger partial charge in [0, 0.05) is 12.1 Å². The van der Waals surface area contributed by atoms with Gasteiger partial charge in [-0.1, -0.05) is 0 Å². The number of aliphatic hydroxyl groups excluding tert-OH is 1. The number of anilines is 1. The van der Waals surface area contributed by atoms with Gasteiger partial charge in [0.05, 0.1) is 17.7 Å². The number of carbonyl (C=O) groups excluding carboxylic acids is 1. The molecular weight excluding hydrogens is 230 g/mol. The summed E-state index contributed by atoms with van der Waals surface area (Å²) in [7, 11) is 0. The summed E-state index contributed by atoms with van der Waals surface area (Å²) in [5.74, 6) is 0.0629. The topological polar surface area (TPSA) is 69.6 Å².